The van der Waals surface area contributed by atoms with Crippen LogP contribution in [0.5, 0.6) is 0 Å². The Hall–Kier alpha value is -1.83. The predicted octanol–water partition coefficient (Wildman–Crippen LogP) is 4.01. The van der Waals surface area contributed by atoms with E-state index in [4.69, 9.17) is 0 Å². The van der Waals surface area contributed by atoms with Crippen LogP contribution in [0, 0.1) is 5.41 Å². The summed E-state index contributed by atoms with van der Waals surface area (Å²) in [5, 5.41) is 2.90. The molecule has 0 aliphatic carbocycles. The van der Waals surface area contributed by atoms with Crippen LogP contribution in [-0.2, 0) is 4.79 Å². The first kappa shape index (κ1) is 12.6. The average Bonchev–Trinajstić information content (AvgIpc) is 2.53. The summed E-state index contributed by atoms with van der Waals surface area (Å²) in [7, 11) is 0. The van der Waals surface area contributed by atoms with Crippen molar-refractivity contribution in [3.63, 3.8) is 0 Å². The van der Waals surface area contributed by atoms with Crippen LogP contribution >= 0.6 is 0 Å². The maximum Gasteiger partial charge on any atom is 0.256 e. The fraction of sp³-hybridized carbons (Fsp3) is 0.312. The molecule has 94 valence electrons. The lowest BCUT2D eigenvalue weighted by Crippen LogP contribution is -2.09. The van der Waals surface area contributed by atoms with Crippen molar-refractivity contribution in [3.05, 3.63) is 47.6 Å². The van der Waals surface area contributed by atoms with Crippen LogP contribution in [-0.4, -0.2) is 5.91 Å². The van der Waals surface area contributed by atoms with Gasteiger partial charge in [-0.2, -0.15) is 0 Å². The van der Waals surface area contributed by atoms with Crippen molar-refractivity contribution in [2.45, 2.75) is 27.7 Å². The van der Waals surface area contributed by atoms with Crippen LogP contribution < -0.4 is 5.32 Å². The summed E-state index contributed by atoms with van der Waals surface area (Å²) in [5.74, 6) is -0.00793. The number of nitrogens with one attached hydrogen (secondary N) is 1. The molecule has 0 saturated carbocycles. The number of para-hydroxylation sites is 1. The third-order valence-corrected chi connectivity index (χ3v) is 2.89. The summed E-state index contributed by atoms with van der Waals surface area (Å²) in [4.78, 5) is 12.0. The number of hydrogen-bond acceptors (Lipinski definition) is 1. The molecule has 1 aromatic carbocycles. The van der Waals surface area contributed by atoms with Crippen molar-refractivity contribution in [1.82, 2.24) is 0 Å². The zero-order chi connectivity index (χ0) is 13.3. The molecule has 0 spiro atoms. The summed E-state index contributed by atoms with van der Waals surface area (Å²) >= 11 is 0. The molecule has 18 heavy (non-hydrogen) atoms. The van der Waals surface area contributed by atoms with Crippen molar-refractivity contribution in [1.29, 1.82) is 0 Å². The largest absolute Gasteiger partial charge is 0.321 e. The van der Waals surface area contributed by atoms with E-state index in [9.17, 15) is 4.79 Å². The number of amides is 1. The number of carbonyl (C=O) groups is 1. The summed E-state index contributed by atoms with van der Waals surface area (Å²) in [6, 6.07) is 7.81. The molecule has 0 fully saturated rings. The van der Waals surface area contributed by atoms with Crippen LogP contribution in [0.3, 0.4) is 0 Å². The first-order chi connectivity index (χ1) is 8.39. The number of anilines is 1. The van der Waals surface area contributed by atoms with Crippen molar-refractivity contribution in [3.8, 4) is 0 Å². The number of carbonyl (C=O) groups excluding carboxylic acids is 1. The van der Waals surface area contributed by atoms with Crippen molar-refractivity contribution >= 4 is 17.2 Å². The lowest BCUT2D eigenvalue weighted by molar-refractivity contribution is -0.110. The standard InChI is InChI=1S/C16H19NO/c1-11(2)9-16(3,4)10-13-12-7-5-6-8-14(12)17-15(13)18/h5-10H,1-4H3,(H,17,18)/b13-10-. The minimum Gasteiger partial charge on any atom is -0.321 e. The van der Waals surface area contributed by atoms with Crippen LogP contribution in [0.1, 0.15) is 33.3 Å². The minimum absolute atomic E-state index is 0.00793. The second kappa shape index (κ2) is 4.45. The quantitative estimate of drug-likeness (QED) is 0.615. The first-order valence-corrected chi connectivity index (χ1v) is 6.19. The van der Waals surface area contributed by atoms with E-state index in [1.807, 2.05) is 30.3 Å². The van der Waals surface area contributed by atoms with E-state index < -0.39 is 0 Å². The molecule has 1 aromatic rings. The van der Waals surface area contributed by atoms with Gasteiger partial charge in [0.15, 0.2) is 0 Å². The molecular formula is C16H19NO. The zero-order valence-electron chi connectivity index (χ0n) is 11.4. The summed E-state index contributed by atoms with van der Waals surface area (Å²) in [6.07, 6.45) is 4.22. The van der Waals surface area contributed by atoms with Gasteiger partial charge in [-0.1, -0.05) is 49.8 Å². The fourth-order valence-electron chi connectivity index (χ4n) is 2.44. The second-order valence-electron chi connectivity index (χ2n) is 5.60. The number of fused-ring (bicyclic) bond motifs is 1. The predicted molar refractivity (Wildman–Crippen MR) is 76.3 cm³/mol. The molecule has 1 aliphatic rings. The monoisotopic (exact) mass is 241 g/mol. The molecule has 0 bridgehead atoms. The molecule has 0 radical (unpaired) electrons. The molecule has 2 rings (SSSR count). The molecule has 0 saturated heterocycles. The van der Waals surface area contributed by atoms with Crippen LogP contribution in [0.15, 0.2) is 42.0 Å². The normalized spacial score (nSPS) is 16.4. The lowest BCUT2D eigenvalue weighted by Gasteiger charge is -2.17. The Morgan fingerprint density at radius 3 is 2.56 bits per heavy atom. The number of hydrogen-bond donors (Lipinski definition) is 1. The van der Waals surface area contributed by atoms with Crippen molar-refractivity contribution in [2.75, 3.05) is 5.32 Å². The average molecular weight is 241 g/mol. The van der Waals surface area contributed by atoms with E-state index in [2.05, 4.69) is 39.1 Å². The molecule has 2 heteroatoms. The van der Waals surface area contributed by atoms with Gasteiger partial charge >= 0.3 is 0 Å². The lowest BCUT2D eigenvalue weighted by atomic mass is 9.87. The van der Waals surface area contributed by atoms with Gasteiger partial charge in [-0.3, -0.25) is 4.79 Å². The first-order valence-electron chi connectivity index (χ1n) is 6.19. The minimum atomic E-state index is -0.122. The van der Waals surface area contributed by atoms with Gasteiger partial charge in [-0.05, 0) is 19.9 Å². The Morgan fingerprint density at radius 1 is 1.22 bits per heavy atom. The van der Waals surface area contributed by atoms with Crippen LogP contribution in [0.25, 0.3) is 5.57 Å². The van der Waals surface area contributed by atoms with Gasteiger partial charge in [0.05, 0.1) is 0 Å². The van der Waals surface area contributed by atoms with Crippen LogP contribution in [0.4, 0.5) is 5.69 Å². The van der Waals surface area contributed by atoms with E-state index >= 15 is 0 Å². The molecular weight excluding hydrogens is 222 g/mol. The van der Waals surface area contributed by atoms with Gasteiger partial charge in [0.1, 0.15) is 0 Å². The van der Waals surface area contributed by atoms with E-state index in [0.717, 1.165) is 16.8 Å². The highest BCUT2D eigenvalue weighted by Gasteiger charge is 2.25. The highest BCUT2D eigenvalue weighted by atomic mass is 16.2. The molecule has 1 aliphatic heterocycles. The summed E-state index contributed by atoms with van der Waals surface area (Å²) in [5.41, 5.74) is 3.80. The highest BCUT2D eigenvalue weighted by Crippen LogP contribution is 2.35. The molecule has 2 nitrogen and oxygen atoms in total. The number of allylic oxidation sites excluding steroid dienone is 3. The van der Waals surface area contributed by atoms with Crippen LogP contribution in [0.2, 0.25) is 0 Å². The van der Waals surface area contributed by atoms with Crippen molar-refractivity contribution in [2.24, 2.45) is 5.41 Å². The Labute approximate surface area is 108 Å². The van der Waals surface area contributed by atoms with E-state index in [-0.39, 0.29) is 11.3 Å². The molecule has 1 amide bonds. The topological polar surface area (TPSA) is 29.1 Å². The smallest absolute Gasteiger partial charge is 0.256 e. The number of rotatable bonds is 2. The van der Waals surface area contributed by atoms with E-state index in [1.54, 1.807) is 0 Å². The van der Waals surface area contributed by atoms with Gasteiger partial charge in [-0.25, -0.2) is 0 Å². The molecule has 1 heterocycles. The van der Waals surface area contributed by atoms with Gasteiger partial charge in [0, 0.05) is 22.2 Å². The van der Waals surface area contributed by atoms with Gasteiger partial charge in [0.25, 0.3) is 5.91 Å². The van der Waals surface area contributed by atoms with Gasteiger partial charge in [-0.15, -0.1) is 0 Å². The second-order valence-corrected chi connectivity index (χ2v) is 5.60. The Balaban J connectivity index is 2.46. The third kappa shape index (κ3) is 2.53. The maximum atomic E-state index is 12.0. The third-order valence-electron chi connectivity index (χ3n) is 2.89. The van der Waals surface area contributed by atoms with E-state index in [0.29, 0.717) is 0 Å². The SMILES string of the molecule is CC(C)=CC(C)(C)/C=C1\C(=O)Nc2ccccc21. The fourth-order valence-corrected chi connectivity index (χ4v) is 2.44. The molecule has 0 unspecified atom stereocenters. The van der Waals surface area contributed by atoms with Gasteiger partial charge < -0.3 is 5.32 Å². The summed E-state index contributed by atoms with van der Waals surface area (Å²) < 4.78 is 0. The van der Waals surface area contributed by atoms with Crippen molar-refractivity contribution < 1.29 is 4.79 Å². The maximum absolute atomic E-state index is 12.0. The summed E-state index contributed by atoms with van der Waals surface area (Å²) in [6.45, 7) is 8.37. The molecule has 0 atom stereocenters. The highest BCUT2D eigenvalue weighted by molar-refractivity contribution is 6.31. The Morgan fingerprint density at radius 2 is 1.89 bits per heavy atom. The molecule has 1 N–H and O–H groups in total. The van der Waals surface area contributed by atoms with E-state index in [1.165, 1.54) is 5.57 Å². The Kier molecular flexibility index (Phi) is 3.12. The zero-order valence-corrected chi connectivity index (χ0v) is 11.4. The van der Waals surface area contributed by atoms with Gasteiger partial charge in [0.2, 0.25) is 0 Å². The molecule has 0 aromatic heterocycles. The Bertz CT molecular complexity index is 546. The number of benzene rings is 1.